The second-order valence-corrected chi connectivity index (χ2v) is 2.74. The molecule has 66 valence electrons. The number of nitrogens with one attached hydrogen (secondary N) is 1. The molecule has 0 aromatic rings. The van der Waals surface area contributed by atoms with Gasteiger partial charge in [-0.3, -0.25) is 4.79 Å². The third-order valence-corrected chi connectivity index (χ3v) is 1.37. The molecule has 0 unspecified atom stereocenters. The van der Waals surface area contributed by atoms with Crippen LogP contribution in [-0.4, -0.2) is 25.7 Å². The van der Waals surface area contributed by atoms with E-state index in [1.807, 2.05) is 13.8 Å². The smallest absolute Gasteiger partial charge is 0.220 e. The quantitative estimate of drug-likeness (QED) is 0.618. The van der Waals surface area contributed by atoms with E-state index >= 15 is 0 Å². The highest BCUT2D eigenvalue weighted by Gasteiger charge is 2.05. The summed E-state index contributed by atoms with van der Waals surface area (Å²) in [5.74, 6) is 0.204. The van der Waals surface area contributed by atoms with E-state index in [-0.39, 0.29) is 5.91 Å². The van der Waals surface area contributed by atoms with Crippen LogP contribution in [-0.2, 0) is 9.53 Å². The standard InChI is InChI=1S/C4H7NO.C4H10O/c6-4-2-1-3-5-4;1-4(2)5-3/h1-3H2,(H,5,6);4H,1-3H3. The fourth-order valence-electron chi connectivity index (χ4n) is 0.565. The van der Waals surface area contributed by atoms with Gasteiger partial charge in [-0.1, -0.05) is 0 Å². The molecule has 1 N–H and O–H groups in total. The zero-order valence-corrected chi connectivity index (χ0v) is 7.52. The number of carbonyl (C=O) groups excluding carboxylic acids is 1. The Balaban J connectivity index is 0.000000187. The van der Waals surface area contributed by atoms with Crippen molar-refractivity contribution >= 4 is 5.91 Å². The van der Waals surface area contributed by atoms with Crippen LogP contribution in [0.5, 0.6) is 0 Å². The third kappa shape index (κ3) is 7.33. The molecule has 1 fully saturated rings. The summed E-state index contributed by atoms with van der Waals surface area (Å²) in [7, 11) is 1.70. The Morgan fingerprint density at radius 2 is 2.09 bits per heavy atom. The lowest BCUT2D eigenvalue weighted by molar-refractivity contribution is -0.119. The minimum absolute atomic E-state index is 0.204. The van der Waals surface area contributed by atoms with Gasteiger partial charge in [0.05, 0.1) is 6.10 Å². The molecule has 0 aromatic heterocycles. The number of ether oxygens (including phenoxy) is 1. The van der Waals surface area contributed by atoms with Crippen LogP contribution in [0.3, 0.4) is 0 Å². The van der Waals surface area contributed by atoms with Crippen LogP contribution < -0.4 is 5.32 Å². The van der Waals surface area contributed by atoms with Crippen molar-refractivity contribution in [3.8, 4) is 0 Å². The molecule has 0 bridgehead atoms. The van der Waals surface area contributed by atoms with Crippen LogP contribution in [0, 0.1) is 0 Å². The Bertz CT molecular complexity index is 105. The zero-order chi connectivity index (χ0) is 8.69. The molecule has 3 nitrogen and oxygen atoms in total. The first-order chi connectivity index (χ1) is 5.16. The van der Waals surface area contributed by atoms with Gasteiger partial charge in [0.15, 0.2) is 0 Å². The van der Waals surface area contributed by atoms with Gasteiger partial charge in [0, 0.05) is 20.1 Å². The van der Waals surface area contributed by atoms with Gasteiger partial charge in [-0.2, -0.15) is 0 Å². The average Bonchev–Trinajstić information content (AvgIpc) is 2.41. The maximum Gasteiger partial charge on any atom is 0.220 e. The van der Waals surface area contributed by atoms with E-state index in [2.05, 4.69) is 5.32 Å². The van der Waals surface area contributed by atoms with Gasteiger partial charge in [0.2, 0.25) is 5.91 Å². The lowest BCUT2D eigenvalue weighted by atomic mass is 10.4. The van der Waals surface area contributed by atoms with Gasteiger partial charge < -0.3 is 10.1 Å². The predicted molar refractivity (Wildman–Crippen MR) is 44.4 cm³/mol. The van der Waals surface area contributed by atoms with Crippen molar-refractivity contribution in [1.82, 2.24) is 5.32 Å². The SMILES string of the molecule is COC(C)C.O=C1CCCN1. The van der Waals surface area contributed by atoms with Crippen LogP contribution in [0.1, 0.15) is 26.7 Å². The summed E-state index contributed by atoms with van der Waals surface area (Å²) < 4.78 is 4.75. The van der Waals surface area contributed by atoms with E-state index in [9.17, 15) is 4.79 Å². The van der Waals surface area contributed by atoms with Gasteiger partial charge in [-0.25, -0.2) is 0 Å². The molecule has 0 saturated carbocycles. The number of methoxy groups -OCH3 is 1. The van der Waals surface area contributed by atoms with Crippen molar-refractivity contribution in [3.05, 3.63) is 0 Å². The second kappa shape index (κ2) is 6.16. The molecule has 0 spiro atoms. The fourth-order valence-corrected chi connectivity index (χ4v) is 0.565. The average molecular weight is 159 g/mol. The molecule has 3 heteroatoms. The first-order valence-corrected chi connectivity index (χ1v) is 3.96. The summed E-state index contributed by atoms with van der Waals surface area (Å²) in [5, 5.41) is 2.68. The predicted octanol–water partition coefficient (Wildman–Crippen LogP) is 0.938. The van der Waals surface area contributed by atoms with Crippen molar-refractivity contribution in [1.29, 1.82) is 0 Å². The summed E-state index contributed by atoms with van der Waals surface area (Å²) in [5.41, 5.74) is 0. The molecule has 1 saturated heterocycles. The zero-order valence-electron chi connectivity index (χ0n) is 7.52. The van der Waals surface area contributed by atoms with Gasteiger partial charge in [0.25, 0.3) is 0 Å². The number of hydrogen-bond acceptors (Lipinski definition) is 2. The van der Waals surface area contributed by atoms with Gasteiger partial charge in [0.1, 0.15) is 0 Å². The Kier molecular flexibility index (Phi) is 5.84. The maximum atomic E-state index is 10.1. The summed E-state index contributed by atoms with van der Waals surface area (Å²) in [6.07, 6.45) is 2.15. The molecule has 0 aromatic carbocycles. The van der Waals surface area contributed by atoms with Crippen LogP contribution in [0.25, 0.3) is 0 Å². The van der Waals surface area contributed by atoms with E-state index in [4.69, 9.17) is 4.74 Å². The van der Waals surface area contributed by atoms with Gasteiger partial charge >= 0.3 is 0 Å². The molecule has 1 aliphatic rings. The van der Waals surface area contributed by atoms with Crippen molar-refractivity contribution in [2.24, 2.45) is 0 Å². The summed E-state index contributed by atoms with van der Waals surface area (Å²) in [6.45, 7) is 4.89. The lowest BCUT2D eigenvalue weighted by Crippen LogP contribution is -2.12. The molecule has 0 radical (unpaired) electrons. The Morgan fingerprint density at radius 1 is 1.55 bits per heavy atom. The van der Waals surface area contributed by atoms with Crippen molar-refractivity contribution in [2.75, 3.05) is 13.7 Å². The number of amides is 1. The first-order valence-electron chi connectivity index (χ1n) is 3.96. The van der Waals surface area contributed by atoms with E-state index in [1.54, 1.807) is 7.11 Å². The second-order valence-electron chi connectivity index (χ2n) is 2.74. The van der Waals surface area contributed by atoms with Crippen molar-refractivity contribution < 1.29 is 9.53 Å². The minimum Gasteiger partial charge on any atom is -0.382 e. The molecule has 11 heavy (non-hydrogen) atoms. The Labute approximate surface area is 68.1 Å². The van der Waals surface area contributed by atoms with Crippen LogP contribution >= 0.6 is 0 Å². The number of carbonyl (C=O) groups is 1. The highest BCUT2D eigenvalue weighted by molar-refractivity contribution is 5.77. The van der Waals surface area contributed by atoms with Gasteiger partial charge in [-0.05, 0) is 20.3 Å². The van der Waals surface area contributed by atoms with Gasteiger partial charge in [-0.15, -0.1) is 0 Å². The lowest BCUT2D eigenvalue weighted by Gasteiger charge is -1.94. The molecule has 1 aliphatic heterocycles. The molecule has 0 atom stereocenters. The van der Waals surface area contributed by atoms with Crippen molar-refractivity contribution in [3.63, 3.8) is 0 Å². The van der Waals surface area contributed by atoms with E-state index in [1.165, 1.54) is 0 Å². The normalized spacial score (nSPS) is 15.8. The molecule has 1 rings (SSSR count). The molecule has 1 amide bonds. The van der Waals surface area contributed by atoms with E-state index in [0.29, 0.717) is 6.10 Å². The maximum absolute atomic E-state index is 10.1. The van der Waals surface area contributed by atoms with E-state index in [0.717, 1.165) is 19.4 Å². The number of rotatable bonds is 1. The Morgan fingerprint density at radius 3 is 2.18 bits per heavy atom. The highest BCUT2D eigenvalue weighted by atomic mass is 16.5. The topological polar surface area (TPSA) is 38.3 Å². The molecular formula is C8H17NO2. The fraction of sp³-hybridized carbons (Fsp3) is 0.875. The van der Waals surface area contributed by atoms with Crippen LogP contribution in [0.4, 0.5) is 0 Å². The Hall–Kier alpha value is -0.570. The third-order valence-electron chi connectivity index (χ3n) is 1.37. The van der Waals surface area contributed by atoms with Crippen LogP contribution in [0.15, 0.2) is 0 Å². The number of hydrogen-bond donors (Lipinski definition) is 1. The largest absolute Gasteiger partial charge is 0.382 e. The minimum atomic E-state index is 0.204. The summed E-state index contributed by atoms with van der Waals surface area (Å²) in [6, 6.07) is 0. The highest BCUT2D eigenvalue weighted by Crippen LogP contribution is 1.93. The molecule has 0 aliphatic carbocycles. The summed E-state index contributed by atoms with van der Waals surface area (Å²) in [4.78, 5) is 10.1. The van der Waals surface area contributed by atoms with Crippen molar-refractivity contribution in [2.45, 2.75) is 32.8 Å². The molecular weight excluding hydrogens is 142 g/mol. The first kappa shape index (κ1) is 10.4. The van der Waals surface area contributed by atoms with E-state index < -0.39 is 0 Å². The summed E-state index contributed by atoms with van der Waals surface area (Å²) >= 11 is 0. The monoisotopic (exact) mass is 159 g/mol. The molecule has 1 heterocycles. The van der Waals surface area contributed by atoms with Crippen LogP contribution in [0.2, 0.25) is 0 Å².